The molecule has 3 aliphatic carbocycles. The van der Waals surface area contributed by atoms with Crippen molar-refractivity contribution in [1.29, 1.82) is 0 Å². The number of rotatable bonds is 5. The van der Waals surface area contributed by atoms with E-state index in [0.29, 0.717) is 0 Å². The molecule has 14 heteroatoms. The van der Waals surface area contributed by atoms with Crippen LogP contribution in [-0.4, -0.2) is 109 Å². The number of hydrogen-bond donors (Lipinski definition) is 4. The summed E-state index contributed by atoms with van der Waals surface area (Å²) in [5, 5.41) is 46.4. The second-order valence-electron chi connectivity index (χ2n) is 14.2. The van der Waals surface area contributed by atoms with Crippen LogP contribution in [0.3, 0.4) is 0 Å². The fourth-order valence-electron chi connectivity index (χ4n) is 7.90. The summed E-state index contributed by atoms with van der Waals surface area (Å²) >= 11 is 0. The van der Waals surface area contributed by atoms with Crippen LogP contribution in [-0.2, 0) is 38.1 Å². The van der Waals surface area contributed by atoms with Crippen LogP contribution < -0.4 is 0 Å². The highest BCUT2D eigenvalue weighted by Crippen LogP contribution is 2.53. The lowest BCUT2D eigenvalue weighted by Crippen LogP contribution is -2.69. The van der Waals surface area contributed by atoms with Crippen molar-refractivity contribution >= 4 is 28.9 Å². The lowest BCUT2D eigenvalue weighted by atomic mass is 9.57. The molecule has 11 atom stereocenters. The Hall–Kier alpha value is -3.99. The highest BCUT2D eigenvalue weighted by atomic mass is 16.7. The Bertz CT molecular complexity index is 1860. The minimum Gasteiger partial charge on any atom is -0.507 e. The van der Waals surface area contributed by atoms with Gasteiger partial charge in [-0.15, -0.1) is 0 Å². The number of Topliss-reactive ketones (excluding diaryl/α,β-unsaturated/α-hetero) is 3. The molecule has 0 aromatic heterocycles. The number of carbonyl (C=O) groups is 5. The van der Waals surface area contributed by atoms with E-state index in [2.05, 4.69) is 0 Å². The number of aliphatic hydroxyl groups is 3. The second-order valence-corrected chi connectivity index (χ2v) is 14.2. The van der Waals surface area contributed by atoms with Gasteiger partial charge in [-0.1, -0.05) is 12.1 Å². The van der Waals surface area contributed by atoms with Gasteiger partial charge in [-0.2, -0.15) is 0 Å². The van der Waals surface area contributed by atoms with E-state index >= 15 is 0 Å². The number of ketones is 5. The van der Waals surface area contributed by atoms with Crippen molar-refractivity contribution in [2.24, 2.45) is 0 Å². The maximum absolute atomic E-state index is 14.1. The van der Waals surface area contributed by atoms with E-state index in [1.807, 2.05) is 0 Å². The first-order chi connectivity index (χ1) is 24.0. The Balaban J connectivity index is 1.14. The monoisotopic (exact) mass is 706 g/mol. The van der Waals surface area contributed by atoms with Crippen LogP contribution in [0.5, 0.6) is 5.75 Å². The van der Waals surface area contributed by atoms with Gasteiger partial charge in [-0.3, -0.25) is 24.0 Å². The topological polar surface area (TPSA) is 212 Å². The third kappa shape index (κ3) is 5.61. The molecule has 14 nitrogen and oxygen atoms in total. The second kappa shape index (κ2) is 12.3. The summed E-state index contributed by atoms with van der Waals surface area (Å²) in [4.78, 5) is 65.6. The van der Waals surface area contributed by atoms with E-state index in [1.165, 1.54) is 43.4 Å². The molecule has 2 fully saturated rings. The van der Waals surface area contributed by atoms with Crippen molar-refractivity contribution in [2.75, 3.05) is 0 Å². The molecule has 11 unspecified atom stereocenters. The third-order valence-electron chi connectivity index (χ3n) is 10.5. The van der Waals surface area contributed by atoms with Gasteiger partial charge in [-0.05, 0) is 64.1 Å². The van der Waals surface area contributed by atoms with Gasteiger partial charge in [0, 0.05) is 36.0 Å². The van der Waals surface area contributed by atoms with Crippen LogP contribution in [0.1, 0.15) is 79.3 Å². The standard InChI is InChI=1S/C37H38O14/c1-16-22(38)7-9-27(48-16)50-34-18(3)47-25(13-24(34)40)19-5-6-20-29(31(19)42)32(43)21-11-12-36(45)15-35(4,51-28-10-8-23(39)17(2)49-28)14-26(41)37(36,46)30(21)33(20)44/h5-12,16-18,24-25,27-28,34,40,42,45-46H,13-15H2,1-4H3. The van der Waals surface area contributed by atoms with Gasteiger partial charge in [0.05, 0.1) is 35.0 Å². The highest BCUT2D eigenvalue weighted by molar-refractivity contribution is 6.32. The summed E-state index contributed by atoms with van der Waals surface area (Å²) in [7, 11) is 0. The summed E-state index contributed by atoms with van der Waals surface area (Å²) in [5.41, 5.74) is -8.14. The van der Waals surface area contributed by atoms with Crippen LogP contribution >= 0.6 is 0 Å². The molecule has 7 rings (SSSR count). The summed E-state index contributed by atoms with van der Waals surface area (Å²) in [5.74, 6) is -3.83. The molecule has 51 heavy (non-hydrogen) atoms. The van der Waals surface area contributed by atoms with Crippen LogP contribution in [0.4, 0.5) is 0 Å². The Morgan fingerprint density at radius 2 is 1.51 bits per heavy atom. The first-order valence-corrected chi connectivity index (χ1v) is 16.8. The lowest BCUT2D eigenvalue weighted by molar-refractivity contribution is -0.243. The first-order valence-electron chi connectivity index (χ1n) is 16.8. The number of benzene rings is 1. The molecule has 0 amide bonds. The van der Waals surface area contributed by atoms with Crippen molar-refractivity contribution in [2.45, 2.75) is 113 Å². The van der Waals surface area contributed by atoms with Gasteiger partial charge in [0.1, 0.15) is 29.7 Å². The number of carbonyl (C=O) groups excluding carboxylic acids is 5. The van der Waals surface area contributed by atoms with Crippen LogP contribution in [0, 0.1) is 0 Å². The third-order valence-corrected chi connectivity index (χ3v) is 10.5. The van der Waals surface area contributed by atoms with Gasteiger partial charge in [0.25, 0.3) is 0 Å². The lowest BCUT2D eigenvalue weighted by Gasteiger charge is -2.53. The quantitative estimate of drug-likeness (QED) is 0.343. The number of aliphatic hydroxyl groups excluding tert-OH is 1. The number of hydrogen-bond acceptors (Lipinski definition) is 14. The molecular formula is C37H38O14. The predicted molar refractivity (Wildman–Crippen MR) is 172 cm³/mol. The summed E-state index contributed by atoms with van der Waals surface area (Å²) < 4.78 is 29.1. The molecule has 1 aromatic carbocycles. The van der Waals surface area contributed by atoms with Crippen molar-refractivity contribution in [1.82, 2.24) is 0 Å². The zero-order valence-electron chi connectivity index (χ0n) is 28.2. The normalized spacial score (nSPS) is 40.7. The Morgan fingerprint density at radius 3 is 2.16 bits per heavy atom. The summed E-state index contributed by atoms with van der Waals surface area (Å²) in [6.45, 7) is 6.30. The van der Waals surface area contributed by atoms with E-state index < -0.39 is 101 Å². The van der Waals surface area contributed by atoms with Crippen molar-refractivity contribution in [3.05, 3.63) is 76.4 Å². The largest absolute Gasteiger partial charge is 0.507 e. The Labute approximate surface area is 292 Å². The first kappa shape index (κ1) is 35.4. The molecule has 6 aliphatic rings. The predicted octanol–water partition coefficient (Wildman–Crippen LogP) is 1.57. The van der Waals surface area contributed by atoms with E-state index in [-0.39, 0.29) is 46.7 Å². The number of fused-ring (bicyclic) bond motifs is 3. The number of allylic oxidation sites excluding steroid dienone is 2. The van der Waals surface area contributed by atoms with Crippen molar-refractivity contribution < 1.29 is 68.1 Å². The van der Waals surface area contributed by atoms with Crippen molar-refractivity contribution in [3.63, 3.8) is 0 Å². The zero-order chi connectivity index (χ0) is 36.8. The molecule has 1 saturated carbocycles. The molecule has 0 spiro atoms. The van der Waals surface area contributed by atoms with E-state index in [0.717, 1.165) is 12.2 Å². The molecule has 3 aliphatic heterocycles. The van der Waals surface area contributed by atoms with Gasteiger partial charge in [-0.25, -0.2) is 0 Å². The summed E-state index contributed by atoms with van der Waals surface area (Å²) in [6, 6.07) is 2.63. The smallest absolute Gasteiger partial charge is 0.198 e. The SMILES string of the molecule is CC1OC(OC2C(O)CC(c3ccc4c(c3O)C(=O)C3=C(C4=O)C4(O)C(=O)CC(C)(OC5C=CC(=O)C(C)O5)CC4(O)C=C3)OC2C)C=CC1=O. The Morgan fingerprint density at radius 1 is 0.863 bits per heavy atom. The van der Waals surface area contributed by atoms with E-state index in [4.69, 9.17) is 23.7 Å². The molecule has 1 saturated heterocycles. The van der Waals surface area contributed by atoms with Gasteiger partial charge >= 0.3 is 0 Å². The van der Waals surface area contributed by atoms with E-state index in [9.17, 15) is 44.4 Å². The van der Waals surface area contributed by atoms with E-state index in [1.54, 1.807) is 20.8 Å². The average molecular weight is 707 g/mol. The fraction of sp³-hybridized carbons (Fsp3) is 0.486. The number of aromatic hydroxyl groups is 1. The number of phenolic OH excluding ortho intramolecular Hbond substituents is 1. The summed E-state index contributed by atoms with van der Waals surface area (Å²) in [6.07, 6.45) is -0.316. The molecular weight excluding hydrogens is 668 g/mol. The highest BCUT2D eigenvalue weighted by Gasteiger charge is 2.67. The van der Waals surface area contributed by atoms with Gasteiger partial charge < -0.3 is 44.1 Å². The van der Waals surface area contributed by atoms with Crippen LogP contribution in [0.25, 0.3) is 0 Å². The van der Waals surface area contributed by atoms with Crippen molar-refractivity contribution in [3.8, 4) is 5.75 Å². The minimum absolute atomic E-state index is 0.0682. The average Bonchev–Trinajstić information content (AvgIpc) is 3.05. The van der Waals surface area contributed by atoms with Crippen LogP contribution in [0.15, 0.2) is 59.7 Å². The fourth-order valence-corrected chi connectivity index (χ4v) is 7.90. The molecule has 0 bridgehead atoms. The molecule has 270 valence electrons. The Kier molecular flexibility index (Phi) is 8.55. The molecule has 1 aromatic rings. The molecule has 0 radical (unpaired) electrons. The maximum Gasteiger partial charge on any atom is 0.198 e. The number of ether oxygens (including phenoxy) is 5. The van der Waals surface area contributed by atoms with Gasteiger partial charge in [0.15, 0.2) is 47.1 Å². The zero-order valence-corrected chi connectivity index (χ0v) is 28.2. The molecule has 3 heterocycles. The van der Waals surface area contributed by atoms with Crippen LogP contribution in [0.2, 0.25) is 0 Å². The minimum atomic E-state index is -2.82. The number of phenols is 1. The molecule has 4 N–H and O–H groups in total. The maximum atomic E-state index is 14.1. The van der Waals surface area contributed by atoms with Gasteiger partial charge in [0.2, 0.25) is 0 Å².